The zero-order valence-electron chi connectivity index (χ0n) is 16.4. The van der Waals surface area contributed by atoms with Gasteiger partial charge in [0.2, 0.25) is 5.91 Å². The van der Waals surface area contributed by atoms with Crippen LogP contribution in [0.2, 0.25) is 0 Å². The first-order valence-electron chi connectivity index (χ1n) is 9.48. The van der Waals surface area contributed by atoms with Crippen LogP contribution in [0.3, 0.4) is 0 Å². The highest BCUT2D eigenvalue weighted by Crippen LogP contribution is 2.19. The molecule has 29 heavy (non-hydrogen) atoms. The van der Waals surface area contributed by atoms with Crippen molar-refractivity contribution >= 4 is 11.9 Å². The van der Waals surface area contributed by atoms with Crippen molar-refractivity contribution in [2.45, 2.75) is 33.2 Å². The lowest BCUT2D eigenvalue weighted by atomic mass is 10.1. The third-order valence-electron chi connectivity index (χ3n) is 4.58. The number of nitrogens with one attached hydrogen (secondary N) is 1. The van der Waals surface area contributed by atoms with Crippen LogP contribution >= 0.6 is 0 Å². The molecule has 2 N–H and O–H groups in total. The summed E-state index contributed by atoms with van der Waals surface area (Å²) in [6.45, 7) is 4.36. The number of aromatic nitrogens is 4. The molecule has 0 aliphatic rings. The lowest BCUT2D eigenvalue weighted by Gasteiger charge is -2.13. The second-order valence-corrected chi connectivity index (χ2v) is 6.80. The number of carboxylic acids is 1. The number of benzene rings is 1. The van der Waals surface area contributed by atoms with Crippen molar-refractivity contribution in [3.05, 3.63) is 59.9 Å². The zero-order chi connectivity index (χ0) is 20.8. The van der Waals surface area contributed by atoms with E-state index in [1.54, 1.807) is 23.0 Å². The fraction of sp³-hybridized carbons (Fsp3) is 0.286. The van der Waals surface area contributed by atoms with Gasteiger partial charge in [-0.3, -0.25) is 4.79 Å². The molecular formula is C21H23N5O3. The van der Waals surface area contributed by atoms with Crippen LogP contribution in [0.15, 0.2) is 48.7 Å². The number of carbonyl (C=O) groups is 2. The molecule has 3 aromatic rings. The third-order valence-corrected chi connectivity index (χ3v) is 4.58. The summed E-state index contributed by atoms with van der Waals surface area (Å²) in [6, 6.07) is 12.3. The van der Waals surface area contributed by atoms with E-state index < -0.39 is 5.97 Å². The van der Waals surface area contributed by atoms with Crippen LogP contribution in [0.5, 0.6) is 0 Å². The number of amides is 1. The maximum absolute atomic E-state index is 12.2. The maximum Gasteiger partial charge on any atom is 0.354 e. The molecular weight excluding hydrogens is 370 g/mol. The SMILES string of the molecule is CCCC(C)C(=O)NCc1ccccc1-n1cc(-c2cccc(C(=O)O)n2)nn1. The van der Waals surface area contributed by atoms with Gasteiger partial charge in [0, 0.05) is 12.5 Å². The van der Waals surface area contributed by atoms with E-state index in [9.17, 15) is 9.59 Å². The van der Waals surface area contributed by atoms with Crippen molar-refractivity contribution in [1.82, 2.24) is 25.3 Å². The van der Waals surface area contributed by atoms with Crippen molar-refractivity contribution in [3.63, 3.8) is 0 Å². The van der Waals surface area contributed by atoms with E-state index in [-0.39, 0.29) is 17.5 Å². The van der Waals surface area contributed by atoms with Crippen LogP contribution in [-0.4, -0.2) is 37.0 Å². The number of hydrogen-bond donors (Lipinski definition) is 2. The second kappa shape index (κ2) is 9.09. The maximum atomic E-state index is 12.2. The van der Waals surface area contributed by atoms with Crippen molar-refractivity contribution in [1.29, 1.82) is 0 Å². The summed E-state index contributed by atoms with van der Waals surface area (Å²) >= 11 is 0. The molecule has 2 aromatic heterocycles. The highest BCUT2D eigenvalue weighted by Gasteiger charge is 2.14. The monoisotopic (exact) mass is 393 g/mol. The first kappa shape index (κ1) is 20.2. The summed E-state index contributed by atoms with van der Waals surface area (Å²) in [4.78, 5) is 27.5. The smallest absolute Gasteiger partial charge is 0.354 e. The molecule has 0 bridgehead atoms. The minimum Gasteiger partial charge on any atom is -0.477 e. The number of pyridine rings is 1. The Balaban J connectivity index is 1.81. The Labute approximate surface area is 168 Å². The van der Waals surface area contributed by atoms with Crippen LogP contribution < -0.4 is 5.32 Å². The minimum atomic E-state index is -1.10. The second-order valence-electron chi connectivity index (χ2n) is 6.80. The summed E-state index contributed by atoms with van der Waals surface area (Å²) in [5, 5.41) is 20.4. The number of hydrogen-bond acceptors (Lipinski definition) is 5. The molecule has 0 saturated heterocycles. The molecule has 0 radical (unpaired) electrons. The number of carboxylic acid groups (broad SMARTS) is 1. The standard InChI is InChI=1S/C21H23N5O3/c1-3-7-14(2)20(27)22-12-15-8-4-5-11-19(15)26-13-18(24-25-26)16-9-6-10-17(23-16)21(28)29/h4-6,8-11,13-14H,3,7,12H2,1-2H3,(H,22,27)(H,28,29). The minimum absolute atomic E-state index is 0.0237. The highest BCUT2D eigenvalue weighted by atomic mass is 16.4. The van der Waals surface area contributed by atoms with Crippen LogP contribution in [0.4, 0.5) is 0 Å². The first-order valence-corrected chi connectivity index (χ1v) is 9.48. The van der Waals surface area contributed by atoms with E-state index in [0.29, 0.717) is 17.9 Å². The lowest BCUT2D eigenvalue weighted by Crippen LogP contribution is -2.29. The summed E-state index contributed by atoms with van der Waals surface area (Å²) in [6.07, 6.45) is 3.50. The van der Waals surface area contributed by atoms with E-state index >= 15 is 0 Å². The van der Waals surface area contributed by atoms with Crippen LogP contribution in [0.25, 0.3) is 17.1 Å². The average Bonchev–Trinajstić information content (AvgIpc) is 3.22. The zero-order valence-corrected chi connectivity index (χ0v) is 16.4. The molecule has 1 amide bonds. The fourth-order valence-corrected chi connectivity index (χ4v) is 3.00. The Hall–Kier alpha value is -3.55. The normalized spacial score (nSPS) is 11.8. The Bertz CT molecular complexity index is 1010. The van der Waals surface area contributed by atoms with Gasteiger partial charge in [0.1, 0.15) is 11.4 Å². The predicted octanol–water partition coefficient (Wildman–Crippen LogP) is 3.08. The van der Waals surface area contributed by atoms with Gasteiger partial charge < -0.3 is 10.4 Å². The van der Waals surface area contributed by atoms with E-state index in [1.165, 1.54) is 6.07 Å². The van der Waals surface area contributed by atoms with Gasteiger partial charge in [-0.15, -0.1) is 5.10 Å². The van der Waals surface area contributed by atoms with E-state index in [2.05, 4.69) is 27.5 Å². The van der Waals surface area contributed by atoms with Gasteiger partial charge in [-0.1, -0.05) is 49.7 Å². The predicted molar refractivity (Wildman–Crippen MR) is 107 cm³/mol. The number of para-hydroxylation sites is 1. The van der Waals surface area contributed by atoms with Crippen molar-refractivity contribution < 1.29 is 14.7 Å². The van der Waals surface area contributed by atoms with E-state index in [1.807, 2.05) is 31.2 Å². The number of carbonyl (C=O) groups excluding carboxylic acids is 1. The molecule has 2 heterocycles. The van der Waals surface area contributed by atoms with E-state index in [0.717, 1.165) is 24.1 Å². The molecule has 0 aliphatic heterocycles. The Kier molecular flexibility index (Phi) is 6.33. The summed E-state index contributed by atoms with van der Waals surface area (Å²) in [5.74, 6) is -1.11. The summed E-state index contributed by atoms with van der Waals surface area (Å²) in [5.41, 5.74) is 2.51. The molecule has 1 atom stereocenters. The van der Waals surface area contributed by atoms with Gasteiger partial charge in [0.25, 0.3) is 0 Å². The molecule has 0 fully saturated rings. The third kappa shape index (κ3) is 4.84. The van der Waals surface area contributed by atoms with Crippen molar-refractivity contribution in [2.24, 2.45) is 5.92 Å². The van der Waals surface area contributed by atoms with Gasteiger partial charge in [-0.25, -0.2) is 14.5 Å². The molecule has 0 aliphatic carbocycles. The molecule has 8 nitrogen and oxygen atoms in total. The van der Waals surface area contributed by atoms with Gasteiger partial charge >= 0.3 is 5.97 Å². The lowest BCUT2D eigenvalue weighted by molar-refractivity contribution is -0.124. The summed E-state index contributed by atoms with van der Waals surface area (Å²) < 4.78 is 1.60. The average molecular weight is 393 g/mol. The number of aromatic carboxylic acids is 1. The molecule has 3 rings (SSSR count). The van der Waals surface area contributed by atoms with Gasteiger partial charge in [-0.2, -0.15) is 0 Å². The van der Waals surface area contributed by atoms with Crippen LogP contribution in [-0.2, 0) is 11.3 Å². The van der Waals surface area contributed by atoms with Gasteiger partial charge in [0.15, 0.2) is 0 Å². The van der Waals surface area contributed by atoms with Crippen LogP contribution in [0, 0.1) is 5.92 Å². The van der Waals surface area contributed by atoms with Crippen LogP contribution in [0.1, 0.15) is 42.7 Å². The van der Waals surface area contributed by atoms with Gasteiger partial charge in [-0.05, 0) is 30.2 Å². The quantitative estimate of drug-likeness (QED) is 0.609. The summed E-state index contributed by atoms with van der Waals surface area (Å²) in [7, 11) is 0. The number of rotatable bonds is 8. The molecule has 1 unspecified atom stereocenters. The Morgan fingerprint density at radius 1 is 1.14 bits per heavy atom. The largest absolute Gasteiger partial charge is 0.477 e. The highest BCUT2D eigenvalue weighted by molar-refractivity contribution is 5.85. The topological polar surface area (TPSA) is 110 Å². The Morgan fingerprint density at radius 3 is 2.69 bits per heavy atom. The van der Waals surface area contributed by atoms with Gasteiger partial charge in [0.05, 0.1) is 17.6 Å². The molecule has 0 spiro atoms. The Morgan fingerprint density at radius 2 is 1.93 bits per heavy atom. The number of nitrogens with zero attached hydrogens (tertiary/aromatic N) is 4. The molecule has 1 aromatic carbocycles. The molecule has 8 heteroatoms. The fourth-order valence-electron chi connectivity index (χ4n) is 3.00. The molecule has 150 valence electrons. The van der Waals surface area contributed by atoms with Crippen molar-refractivity contribution in [3.8, 4) is 17.1 Å². The first-order chi connectivity index (χ1) is 14.0. The van der Waals surface area contributed by atoms with E-state index in [4.69, 9.17) is 5.11 Å². The molecule has 0 saturated carbocycles. The van der Waals surface area contributed by atoms with Crippen molar-refractivity contribution in [2.75, 3.05) is 0 Å².